The lowest BCUT2D eigenvalue weighted by Crippen LogP contribution is -2.60. The van der Waals surface area contributed by atoms with Crippen molar-refractivity contribution in [2.75, 3.05) is 14.1 Å². The van der Waals surface area contributed by atoms with Crippen LogP contribution in [0.4, 0.5) is 0 Å². The number of hydrogen-bond donors (Lipinski definition) is 3. The molecular formula is C33H48N2O6. The number of hydrogen-bond acceptors (Lipinski definition) is 6. The van der Waals surface area contributed by atoms with Crippen molar-refractivity contribution in [3.8, 4) is 0 Å². The van der Waals surface area contributed by atoms with Crippen LogP contribution in [-0.2, 0) is 27.3 Å². The van der Waals surface area contributed by atoms with Gasteiger partial charge in [0.15, 0.2) is 5.78 Å². The van der Waals surface area contributed by atoms with Gasteiger partial charge in [0, 0.05) is 20.0 Å². The summed E-state index contributed by atoms with van der Waals surface area (Å²) in [5, 5.41) is 31.3. The first-order valence-electron chi connectivity index (χ1n) is 14.5. The summed E-state index contributed by atoms with van der Waals surface area (Å²) in [7, 11) is 3.40. The number of ketones is 1. The molecular weight excluding hydrogens is 520 g/mol. The molecule has 1 amide bonds. The molecule has 226 valence electrons. The van der Waals surface area contributed by atoms with Crippen LogP contribution in [0.25, 0.3) is 0 Å². The number of carbonyl (C=O) groups excluding carboxylic acids is 2. The molecule has 8 heteroatoms. The number of carboxylic acid groups (broad SMARTS) is 1. The van der Waals surface area contributed by atoms with E-state index < -0.39 is 42.0 Å². The molecule has 2 aromatic rings. The van der Waals surface area contributed by atoms with Crippen molar-refractivity contribution in [2.45, 2.75) is 90.1 Å². The van der Waals surface area contributed by atoms with Gasteiger partial charge >= 0.3 is 5.97 Å². The van der Waals surface area contributed by atoms with Crippen LogP contribution < -0.4 is 0 Å². The summed E-state index contributed by atoms with van der Waals surface area (Å²) >= 11 is 0. The number of aliphatic carboxylic acids is 1. The number of rotatable bonds is 17. The van der Waals surface area contributed by atoms with E-state index in [-0.39, 0.29) is 24.2 Å². The molecule has 3 unspecified atom stereocenters. The molecule has 0 fully saturated rings. The molecule has 0 bridgehead atoms. The van der Waals surface area contributed by atoms with E-state index in [2.05, 4.69) is 0 Å². The first kappa shape index (κ1) is 34.1. The number of carboxylic acids is 1. The van der Waals surface area contributed by atoms with E-state index in [4.69, 9.17) is 0 Å². The first-order chi connectivity index (χ1) is 19.3. The van der Waals surface area contributed by atoms with Crippen LogP contribution in [0.5, 0.6) is 0 Å². The highest BCUT2D eigenvalue weighted by molar-refractivity contribution is 6.10. The fourth-order valence-corrected chi connectivity index (χ4v) is 5.19. The zero-order chi connectivity index (χ0) is 30.7. The minimum atomic E-state index is -2.71. The molecule has 0 aliphatic carbocycles. The number of Topliss-reactive ketones (excluding diaryl/α,β-unsaturated/α-hetero) is 1. The van der Waals surface area contributed by atoms with Crippen LogP contribution in [0.3, 0.4) is 0 Å². The van der Waals surface area contributed by atoms with Crippen molar-refractivity contribution in [2.24, 2.45) is 11.8 Å². The second-order valence-corrected chi connectivity index (χ2v) is 12.0. The van der Waals surface area contributed by atoms with Crippen LogP contribution in [-0.4, -0.2) is 80.7 Å². The summed E-state index contributed by atoms with van der Waals surface area (Å²) in [6.45, 7) is 8.17. The Morgan fingerprint density at radius 3 is 1.83 bits per heavy atom. The van der Waals surface area contributed by atoms with Crippen LogP contribution in [0.1, 0.15) is 64.5 Å². The number of aliphatic hydroxyl groups excluding tert-OH is 1. The van der Waals surface area contributed by atoms with Gasteiger partial charge in [-0.05, 0) is 62.6 Å². The molecule has 0 aliphatic rings. The number of amides is 1. The summed E-state index contributed by atoms with van der Waals surface area (Å²) in [6.07, 6.45) is 0.848. The largest absolute Gasteiger partial charge is 0.479 e. The second-order valence-electron chi connectivity index (χ2n) is 12.0. The topological polar surface area (TPSA) is 118 Å². The predicted molar refractivity (Wildman–Crippen MR) is 160 cm³/mol. The highest BCUT2D eigenvalue weighted by Gasteiger charge is 2.49. The van der Waals surface area contributed by atoms with Crippen LogP contribution in [0, 0.1) is 11.8 Å². The summed E-state index contributed by atoms with van der Waals surface area (Å²) in [5.74, 6) is -2.79. The quantitative estimate of drug-likeness (QED) is 0.245. The maximum absolute atomic E-state index is 14.1. The lowest BCUT2D eigenvalue weighted by Gasteiger charge is -2.38. The molecule has 0 aliphatic heterocycles. The minimum Gasteiger partial charge on any atom is -0.479 e. The van der Waals surface area contributed by atoms with Gasteiger partial charge in [-0.2, -0.15) is 0 Å². The summed E-state index contributed by atoms with van der Waals surface area (Å²) < 4.78 is 0. The van der Waals surface area contributed by atoms with Crippen molar-refractivity contribution in [3.63, 3.8) is 0 Å². The van der Waals surface area contributed by atoms with E-state index in [9.17, 15) is 29.7 Å². The molecule has 0 radical (unpaired) electrons. The number of carbonyl (C=O) groups is 3. The standard InChI is InChI=1S/C33H48N2O6/c1-23(2)19-29(34(5)22-27-15-11-8-12-16-27)31(38)35(6)28(20-24(3)17-18-25(4)36)30(37)33(41,32(39)40)21-26-13-9-7-10-14-26/h7-16,23-25,28-29,36,41H,17-22H2,1-6H3,(H,39,40)/t24?,25?,28-,29-,33?/m0/s1. The van der Waals surface area contributed by atoms with Gasteiger partial charge in [-0.3, -0.25) is 14.5 Å². The molecule has 2 aromatic carbocycles. The Morgan fingerprint density at radius 2 is 1.34 bits per heavy atom. The lowest BCUT2D eigenvalue weighted by atomic mass is 9.82. The number of likely N-dealkylation sites (N-methyl/N-ethyl adjacent to an activating group) is 2. The van der Waals surface area contributed by atoms with Crippen molar-refractivity contribution in [1.29, 1.82) is 0 Å². The molecule has 5 atom stereocenters. The normalized spacial score (nSPS) is 16.0. The SMILES string of the molecule is CC(C)C[C@@H](C(=O)N(C)[C@@H](CC(C)CCC(C)O)C(=O)C(O)(Cc1ccccc1)C(=O)O)N(C)Cc1ccccc1. The van der Waals surface area contributed by atoms with Gasteiger partial charge in [0.05, 0.1) is 18.2 Å². The van der Waals surface area contributed by atoms with E-state index in [1.165, 1.54) is 11.9 Å². The Hall–Kier alpha value is -3.07. The first-order valence-corrected chi connectivity index (χ1v) is 14.5. The Labute approximate surface area is 245 Å². The lowest BCUT2D eigenvalue weighted by molar-refractivity contribution is -0.169. The fraction of sp³-hybridized carbons (Fsp3) is 0.545. The minimum absolute atomic E-state index is 0.117. The predicted octanol–water partition coefficient (Wildman–Crippen LogP) is 4.17. The summed E-state index contributed by atoms with van der Waals surface area (Å²) in [4.78, 5) is 43.9. The molecule has 0 heterocycles. The highest BCUT2D eigenvalue weighted by atomic mass is 16.4. The van der Waals surface area contributed by atoms with Crippen molar-refractivity contribution < 1.29 is 29.7 Å². The van der Waals surface area contributed by atoms with Crippen molar-refractivity contribution >= 4 is 17.7 Å². The number of benzene rings is 2. The third kappa shape index (κ3) is 10.1. The van der Waals surface area contributed by atoms with Crippen molar-refractivity contribution in [3.05, 3.63) is 71.8 Å². The van der Waals surface area contributed by atoms with E-state index in [1.54, 1.807) is 37.3 Å². The number of aliphatic hydroxyl groups is 2. The van der Waals surface area contributed by atoms with E-state index >= 15 is 0 Å². The molecule has 0 spiro atoms. The van der Waals surface area contributed by atoms with Gasteiger partial charge in [-0.15, -0.1) is 0 Å². The Kier molecular flexibility index (Phi) is 13.2. The Balaban J connectivity index is 2.45. The molecule has 8 nitrogen and oxygen atoms in total. The highest BCUT2D eigenvalue weighted by Crippen LogP contribution is 2.26. The van der Waals surface area contributed by atoms with Crippen molar-refractivity contribution in [1.82, 2.24) is 9.80 Å². The molecule has 0 aromatic heterocycles. The second kappa shape index (κ2) is 15.8. The van der Waals surface area contributed by atoms with Crippen LogP contribution in [0.2, 0.25) is 0 Å². The maximum atomic E-state index is 14.1. The number of nitrogens with zero attached hydrogens (tertiary/aromatic N) is 2. The van der Waals surface area contributed by atoms with Gasteiger partial charge < -0.3 is 20.2 Å². The third-order valence-electron chi connectivity index (χ3n) is 7.67. The Morgan fingerprint density at radius 1 is 0.805 bits per heavy atom. The molecule has 0 saturated carbocycles. The Bertz CT molecular complexity index is 1110. The fourth-order valence-electron chi connectivity index (χ4n) is 5.19. The van der Waals surface area contributed by atoms with Gasteiger partial charge in [-0.1, -0.05) is 81.4 Å². The average Bonchev–Trinajstić information content (AvgIpc) is 2.93. The third-order valence-corrected chi connectivity index (χ3v) is 7.67. The van der Waals surface area contributed by atoms with Crippen LogP contribution >= 0.6 is 0 Å². The van der Waals surface area contributed by atoms with E-state index in [0.717, 1.165) is 5.56 Å². The van der Waals surface area contributed by atoms with Gasteiger partial charge in [0.25, 0.3) is 0 Å². The van der Waals surface area contributed by atoms with Gasteiger partial charge in [-0.25, -0.2) is 4.79 Å². The summed E-state index contributed by atoms with van der Waals surface area (Å²) in [6, 6.07) is 16.6. The molecule has 2 rings (SSSR count). The maximum Gasteiger partial charge on any atom is 0.344 e. The average molecular weight is 569 g/mol. The smallest absolute Gasteiger partial charge is 0.344 e. The zero-order valence-electron chi connectivity index (χ0n) is 25.4. The zero-order valence-corrected chi connectivity index (χ0v) is 25.4. The molecule has 0 saturated heterocycles. The summed E-state index contributed by atoms with van der Waals surface area (Å²) in [5.41, 5.74) is -1.17. The van der Waals surface area contributed by atoms with E-state index in [1.807, 2.05) is 63.1 Å². The van der Waals surface area contributed by atoms with Gasteiger partial charge in [0.1, 0.15) is 0 Å². The van der Waals surface area contributed by atoms with E-state index in [0.29, 0.717) is 31.4 Å². The van der Waals surface area contributed by atoms with Crippen LogP contribution in [0.15, 0.2) is 60.7 Å². The molecule has 41 heavy (non-hydrogen) atoms. The van der Waals surface area contributed by atoms with Gasteiger partial charge in [0.2, 0.25) is 11.5 Å². The monoisotopic (exact) mass is 568 g/mol. The molecule has 3 N–H and O–H groups in total.